The average Bonchev–Trinajstić information content (AvgIpc) is 3.00. The minimum atomic E-state index is -1.26. The van der Waals surface area contributed by atoms with Crippen LogP contribution in [0.2, 0.25) is 0 Å². The zero-order valence-electron chi connectivity index (χ0n) is 26.3. The molecule has 2 aromatic carbocycles. The molecule has 8 nitrogen and oxygen atoms in total. The van der Waals surface area contributed by atoms with Crippen LogP contribution in [0, 0.1) is 0 Å². The van der Waals surface area contributed by atoms with Gasteiger partial charge in [-0.3, -0.25) is 0 Å². The largest absolute Gasteiger partial charge is 0.504 e. The SMILES string of the molecule is CCCCCCCCCCCCCCCCCCOC(=O)[C@@H](Cc1ccc(O)c(O)c1)OC(=O)/C=C/c1ccc(O)c(O)c1. The van der Waals surface area contributed by atoms with Gasteiger partial charge in [-0.1, -0.05) is 115 Å². The summed E-state index contributed by atoms with van der Waals surface area (Å²) in [4.78, 5) is 25.4. The summed E-state index contributed by atoms with van der Waals surface area (Å²) in [6, 6.07) is 8.19. The van der Waals surface area contributed by atoms with Gasteiger partial charge in [0.1, 0.15) is 0 Å². The van der Waals surface area contributed by atoms with Crippen molar-refractivity contribution in [1.29, 1.82) is 0 Å². The van der Waals surface area contributed by atoms with Crippen LogP contribution < -0.4 is 0 Å². The van der Waals surface area contributed by atoms with Crippen LogP contribution in [-0.4, -0.2) is 45.1 Å². The monoisotopic (exact) mass is 612 g/mol. The van der Waals surface area contributed by atoms with Crippen molar-refractivity contribution in [2.75, 3.05) is 6.61 Å². The lowest BCUT2D eigenvalue weighted by Crippen LogP contribution is -2.31. The quantitative estimate of drug-likeness (QED) is 0.0425. The third kappa shape index (κ3) is 15.7. The first kappa shape index (κ1) is 36.5. The Morgan fingerprint density at radius 1 is 0.659 bits per heavy atom. The number of hydrogen-bond acceptors (Lipinski definition) is 8. The van der Waals surface area contributed by atoms with Gasteiger partial charge in [-0.2, -0.15) is 0 Å². The van der Waals surface area contributed by atoms with E-state index in [9.17, 15) is 30.0 Å². The Labute approximate surface area is 262 Å². The molecule has 0 saturated carbocycles. The number of esters is 2. The molecule has 0 amide bonds. The highest BCUT2D eigenvalue weighted by atomic mass is 16.6. The second-order valence-corrected chi connectivity index (χ2v) is 11.5. The Morgan fingerprint density at radius 3 is 1.68 bits per heavy atom. The number of carbonyl (C=O) groups is 2. The summed E-state index contributed by atoms with van der Waals surface area (Å²) in [5.41, 5.74) is 0.924. The minimum Gasteiger partial charge on any atom is -0.504 e. The van der Waals surface area contributed by atoms with E-state index in [1.165, 1.54) is 126 Å². The normalized spacial score (nSPS) is 11.9. The van der Waals surface area contributed by atoms with Gasteiger partial charge < -0.3 is 29.9 Å². The molecule has 44 heavy (non-hydrogen) atoms. The standard InChI is InChI=1S/C36H52O8/c1-2-3-4-5-6-7-8-9-10-11-12-13-14-15-16-17-24-43-36(42)34(27-29-19-22-31(38)33(40)26-29)44-35(41)23-20-28-18-21-30(37)32(39)25-28/h18-23,25-26,34,37-40H,2-17,24,27H2,1H3/b23-20+/t34-/m1/s1. The molecule has 1 atom stereocenters. The molecule has 244 valence electrons. The Balaban J connectivity index is 1.68. The van der Waals surface area contributed by atoms with Crippen LogP contribution in [0.4, 0.5) is 0 Å². The fourth-order valence-corrected chi connectivity index (χ4v) is 4.99. The maximum absolute atomic E-state index is 12.9. The fraction of sp³-hybridized carbons (Fsp3) is 0.556. The predicted molar refractivity (Wildman–Crippen MR) is 173 cm³/mol. The lowest BCUT2D eigenvalue weighted by Gasteiger charge is -2.16. The molecule has 0 aliphatic heterocycles. The Kier molecular flexibility index (Phi) is 18.2. The number of ether oxygens (including phenoxy) is 2. The van der Waals surface area contributed by atoms with Crippen LogP contribution >= 0.6 is 0 Å². The zero-order chi connectivity index (χ0) is 32.0. The van der Waals surface area contributed by atoms with Crippen LogP contribution in [0.5, 0.6) is 23.0 Å². The third-order valence-electron chi connectivity index (χ3n) is 7.64. The minimum absolute atomic E-state index is 0.0504. The maximum atomic E-state index is 12.9. The van der Waals surface area contributed by atoms with Crippen molar-refractivity contribution in [3.05, 3.63) is 53.6 Å². The Bertz CT molecular complexity index is 1140. The summed E-state index contributed by atoms with van der Waals surface area (Å²) in [5.74, 6) is -2.75. The van der Waals surface area contributed by atoms with E-state index >= 15 is 0 Å². The molecule has 0 fully saturated rings. The molecule has 4 N–H and O–H groups in total. The Morgan fingerprint density at radius 2 is 1.16 bits per heavy atom. The topological polar surface area (TPSA) is 134 Å². The van der Waals surface area contributed by atoms with Gasteiger partial charge in [0, 0.05) is 12.5 Å². The lowest BCUT2D eigenvalue weighted by atomic mass is 10.0. The van der Waals surface area contributed by atoms with E-state index in [1.54, 1.807) is 0 Å². The number of rotatable bonds is 23. The number of benzene rings is 2. The average molecular weight is 613 g/mol. The molecular formula is C36H52O8. The van der Waals surface area contributed by atoms with Crippen molar-refractivity contribution in [2.45, 2.75) is 122 Å². The van der Waals surface area contributed by atoms with Crippen molar-refractivity contribution in [1.82, 2.24) is 0 Å². The molecule has 8 heteroatoms. The molecule has 0 heterocycles. The molecule has 0 aliphatic rings. The molecule has 0 radical (unpaired) electrons. The predicted octanol–water partition coefficient (Wildman–Crippen LogP) is 8.48. The van der Waals surface area contributed by atoms with Crippen LogP contribution in [0.25, 0.3) is 6.08 Å². The number of carbonyl (C=O) groups excluding carboxylic acids is 2. The summed E-state index contributed by atoms with van der Waals surface area (Å²) in [5, 5.41) is 38.5. The van der Waals surface area contributed by atoms with E-state index in [1.807, 2.05) is 0 Å². The van der Waals surface area contributed by atoms with Crippen molar-refractivity contribution >= 4 is 18.0 Å². The first-order valence-corrected chi connectivity index (χ1v) is 16.4. The molecule has 2 aromatic rings. The molecule has 0 saturated heterocycles. The highest BCUT2D eigenvalue weighted by Gasteiger charge is 2.25. The molecule has 2 rings (SSSR count). The first-order valence-electron chi connectivity index (χ1n) is 16.4. The highest BCUT2D eigenvalue weighted by molar-refractivity contribution is 5.89. The maximum Gasteiger partial charge on any atom is 0.347 e. The van der Waals surface area contributed by atoms with Gasteiger partial charge in [0.2, 0.25) is 6.10 Å². The van der Waals surface area contributed by atoms with E-state index in [2.05, 4.69) is 6.92 Å². The van der Waals surface area contributed by atoms with E-state index in [4.69, 9.17) is 9.47 Å². The molecule has 0 spiro atoms. The summed E-state index contributed by atoms with van der Waals surface area (Å²) in [6.07, 6.45) is 21.2. The van der Waals surface area contributed by atoms with Gasteiger partial charge in [-0.15, -0.1) is 0 Å². The van der Waals surface area contributed by atoms with Crippen LogP contribution in [0.1, 0.15) is 121 Å². The van der Waals surface area contributed by atoms with Crippen LogP contribution in [0.3, 0.4) is 0 Å². The van der Waals surface area contributed by atoms with E-state index in [-0.39, 0.29) is 36.0 Å². The third-order valence-corrected chi connectivity index (χ3v) is 7.64. The fourth-order valence-electron chi connectivity index (χ4n) is 4.99. The summed E-state index contributed by atoms with van der Waals surface area (Å²) >= 11 is 0. The molecule has 0 aliphatic carbocycles. The number of phenolic OH excluding ortho intramolecular Hbond substituents is 4. The van der Waals surface area contributed by atoms with Crippen molar-refractivity contribution < 1.29 is 39.5 Å². The second kappa shape index (κ2) is 21.9. The van der Waals surface area contributed by atoms with E-state index in [0.29, 0.717) is 11.1 Å². The highest BCUT2D eigenvalue weighted by Crippen LogP contribution is 2.27. The molecule has 0 aromatic heterocycles. The van der Waals surface area contributed by atoms with Crippen LogP contribution in [0.15, 0.2) is 42.5 Å². The smallest absolute Gasteiger partial charge is 0.347 e. The van der Waals surface area contributed by atoms with Crippen molar-refractivity contribution in [3.63, 3.8) is 0 Å². The number of unbranched alkanes of at least 4 members (excludes halogenated alkanes) is 15. The molecular weight excluding hydrogens is 560 g/mol. The Hall–Kier alpha value is -3.68. The van der Waals surface area contributed by atoms with Gasteiger partial charge in [0.05, 0.1) is 6.61 Å². The summed E-state index contributed by atoms with van der Waals surface area (Å²) in [6.45, 7) is 2.47. The number of aromatic hydroxyl groups is 4. The lowest BCUT2D eigenvalue weighted by molar-refractivity contribution is -0.165. The summed E-state index contributed by atoms with van der Waals surface area (Å²) in [7, 11) is 0. The van der Waals surface area contributed by atoms with Gasteiger partial charge in [0.15, 0.2) is 23.0 Å². The van der Waals surface area contributed by atoms with E-state index in [0.717, 1.165) is 25.3 Å². The van der Waals surface area contributed by atoms with Gasteiger partial charge in [-0.05, 0) is 47.9 Å². The van der Waals surface area contributed by atoms with Gasteiger partial charge in [-0.25, -0.2) is 9.59 Å². The van der Waals surface area contributed by atoms with Gasteiger partial charge >= 0.3 is 11.9 Å². The zero-order valence-corrected chi connectivity index (χ0v) is 26.3. The van der Waals surface area contributed by atoms with E-state index < -0.39 is 18.0 Å². The number of hydrogen-bond donors (Lipinski definition) is 4. The van der Waals surface area contributed by atoms with Crippen molar-refractivity contribution in [3.8, 4) is 23.0 Å². The summed E-state index contributed by atoms with van der Waals surface area (Å²) < 4.78 is 10.8. The van der Waals surface area contributed by atoms with Crippen molar-refractivity contribution in [2.24, 2.45) is 0 Å². The number of phenols is 4. The van der Waals surface area contributed by atoms with Gasteiger partial charge in [0.25, 0.3) is 0 Å². The first-order chi connectivity index (χ1) is 21.3. The molecule has 0 unspecified atom stereocenters. The molecule has 0 bridgehead atoms. The second-order valence-electron chi connectivity index (χ2n) is 11.5. The van der Waals surface area contributed by atoms with Crippen LogP contribution in [-0.2, 0) is 25.5 Å².